The van der Waals surface area contributed by atoms with Crippen molar-refractivity contribution < 1.29 is 42.9 Å². The van der Waals surface area contributed by atoms with E-state index in [0.29, 0.717) is 17.4 Å². The zero-order valence-electron chi connectivity index (χ0n) is 56.6. The molecule has 2 unspecified atom stereocenters. The molecule has 0 fully saturated rings. The van der Waals surface area contributed by atoms with Crippen molar-refractivity contribution in [2.45, 2.75) is 296 Å². The van der Waals surface area contributed by atoms with Crippen LogP contribution in [0.15, 0.2) is 134 Å². The van der Waals surface area contributed by atoms with Crippen LogP contribution in [0.4, 0.5) is 0 Å². The summed E-state index contributed by atoms with van der Waals surface area (Å²) >= 11 is 0. The maximum absolute atomic E-state index is 12.9. The Kier molecular flexibility index (Phi) is 63.8. The third-order valence-corrected chi connectivity index (χ3v) is 14.9. The number of quaternary nitrogens is 1. The predicted molar refractivity (Wildman–Crippen MR) is 370 cm³/mol. The number of hydrogen-bond acceptors (Lipinski definition) is 8. The van der Waals surface area contributed by atoms with Crippen LogP contribution in [0.2, 0.25) is 0 Å². The number of likely N-dealkylation sites (N-methyl/N-ethyl adjacent to an activating group) is 1. The van der Waals surface area contributed by atoms with Gasteiger partial charge in [-0.2, -0.15) is 0 Å². The number of carboxylic acids is 1. The molecule has 0 bridgehead atoms. The molecule has 0 rings (SSSR count). The van der Waals surface area contributed by atoms with Crippen LogP contribution in [0.3, 0.4) is 0 Å². The molecule has 0 aliphatic heterocycles. The normalized spacial score (nSPS) is 13.5. The van der Waals surface area contributed by atoms with Gasteiger partial charge in [0.15, 0.2) is 12.4 Å². The van der Waals surface area contributed by atoms with Crippen LogP contribution in [-0.4, -0.2) is 82.3 Å². The zero-order chi connectivity index (χ0) is 63.3. The second-order valence-electron chi connectivity index (χ2n) is 24.4. The van der Waals surface area contributed by atoms with Gasteiger partial charge in [0.25, 0.3) is 0 Å². The largest absolute Gasteiger partial charge is 0.545 e. The number of carbonyl (C=O) groups is 3. The Morgan fingerprint density at radius 2 is 0.621 bits per heavy atom. The van der Waals surface area contributed by atoms with Crippen molar-refractivity contribution in [3.8, 4) is 0 Å². The molecule has 0 aliphatic rings. The van der Waals surface area contributed by atoms with Crippen molar-refractivity contribution in [2.75, 3.05) is 47.5 Å². The minimum Gasteiger partial charge on any atom is -0.545 e. The van der Waals surface area contributed by atoms with Gasteiger partial charge in [0, 0.05) is 12.8 Å². The third kappa shape index (κ3) is 68.8. The first kappa shape index (κ1) is 82.4. The molecule has 496 valence electrons. The number of esters is 2. The molecular weight excluding hydrogens is 1080 g/mol. The monoisotopic (exact) mass is 1210 g/mol. The molecule has 0 saturated heterocycles. The fourth-order valence-corrected chi connectivity index (χ4v) is 9.57. The van der Waals surface area contributed by atoms with Crippen LogP contribution in [0, 0.1) is 0 Å². The molecule has 87 heavy (non-hydrogen) atoms. The van der Waals surface area contributed by atoms with Crippen LogP contribution in [-0.2, 0) is 33.3 Å². The van der Waals surface area contributed by atoms with Gasteiger partial charge in [-0.25, -0.2) is 0 Å². The van der Waals surface area contributed by atoms with Crippen molar-refractivity contribution in [3.63, 3.8) is 0 Å². The van der Waals surface area contributed by atoms with Gasteiger partial charge in [0.05, 0.1) is 40.3 Å². The van der Waals surface area contributed by atoms with Gasteiger partial charge in [-0.05, 0) is 109 Å². The molecule has 0 heterocycles. The summed E-state index contributed by atoms with van der Waals surface area (Å²) in [5.74, 6) is -2.28. The Morgan fingerprint density at radius 1 is 0.345 bits per heavy atom. The van der Waals surface area contributed by atoms with Crippen molar-refractivity contribution in [3.05, 3.63) is 134 Å². The standard InChI is InChI=1S/C78H131NO8/c1-6-8-10-12-14-16-18-20-22-24-26-28-30-32-34-36-37-38-39-41-43-45-47-49-51-53-55-57-59-61-63-65-67-69-76(81)87-74(73-86-78(77(82)83)84-71-70-79(3,4)5)72-85-75(80)68-66-64-62-60-58-56-54-52-50-48-46-44-42-40-35-33-31-29-27-25-23-21-19-17-15-13-11-9-7-2/h8-11,14-17,20-23,26-29,32-35,37-38,74,78H,6-7,12-13,18-19,24-25,30-31,36,39-73H2,1-5H3/b10-8-,11-9-,16-14-,17-15-,22-20-,23-21-,28-26-,29-27-,34-32-,35-33-,38-37-. The molecule has 0 radical (unpaired) electrons. The molecule has 0 aromatic rings. The number of nitrogens with zero attached hydrogens (tertiary/aromatic N) is 1. The molecule has 0 aromatic carbocycles. The first-order valence-corrected chi connectivity index (χ1v) is 35.3. The van der Waals surface area contributed by atoms with Gasteiger partial charge in [-0.15, -0.1) is 0 Å². The molecule has 0 saturated carbocycles. The number of hydrogen-bond donors (Lipinski definition) is 0. The van der Waals surface area contributed by atoms with E-state index in [9.17, 15) is 19.5 Å². The number of carbonyl (C=O) groups excluding carboxylic acids is 3. The van der Waals surface area contributed by atoms with Gasteiger partial charge in [0.2, 0.25) is 0 Å². The molecule has 9 nitrogen and oxygen atoms in total. The highest BCUT2D eigenvalue weighted by Gasteiger charge is 2.22. The summed E-state index contributed by atoms with van der Waals surface area (Å²) in [4.78, 5) is 37.5. The lowest BCUT2D eigenvalue weighted by atomic mass is 10.0. The van der Waals surface area contributed by atoms with Crippen LogP contribution in [0.25, 0.3) is 0 Å². The minimum absolute atomic E-state index is 0.142. The van der Waals surface area contributed by atoms with E-state index in [-0.39, 0.29) is 38.6 Å². The summed E-state index contributed by atoms with van der Waals surface area (Å²) in [6.07, 6.45) is 93.8. The first-order chi connectivity index (χ1) is 42.6. The number of carboxylic acid groups (broad SMARTS) is 1. The Hall–Kier alpha value is -4.57. The molecule has 2 atom stereocenters. The summed E-state index contributed by atoms with van der Waals surface area (Å²) in [5, 5.41) is 11.8. The second-order valence-corrected chi connectivity index (χ2v) is 24.4. The summed E-state index contributed by atoms with van der Waals surface area (Å²) in [6.45, 7) is 4.53. The summed E-state index contributed by atoms with van der Waals surface area (Å²) in [5.41, 5.74) is 0. The lowest BCUT2D eigenvalue weighted by Crippen LogP contribution is -2.44. The highest BCUT2D eigenvalue weighted by atomic mass is 16.7. The van der Waals surface area contributed by atoms with E-state index in [0.717, 1.165) is 109 Å². The Labute approximate surface area is 535 Å². The summed E-state index contributed by atoms with van der Waals surface area (Å²) in [7, 11) is 5.93. The van der Waals surface area contributed by atoms with Gasteiger partial charge >= 0.3 is 11.9 Å². The quantitative estimate of drug-likeness (QED) is 0.0195. The fourth-order valence-electron chi connectivity index (χ4n) is 9.57. The van der Waals surface area contributed by atoms with Crippen molar-refractivity contribution in [1.82, 2.24) is 0 Å². The number of ether oxygens (including phenoxy) is 4. The molecule has 0 amide bonds. The van der Waals surface area contributed by atoms with Crippen LogP contribution in [0.1, 0.15) is 284 Å². The number of rotatable bonds is 64. The molecule has 0 N–H and O–H groups in total. The predicted octanol–water partition coefficient (Wildman–Crippen LogP) is 20.8. The van der Waals surface area contributed by atoms with E-state index in [2.05, 4.69) is 148 Å². The average Bonchev–Trinajstić information content (AvgIpc) is 3.59. The Morgan fingerprint density at radius 3 is 0.920 bits per heavy atom. The van der Waals surface area contributed by atoms with Crippen molar-refractivity contribution >= 4 is 17.9 Å². The minimum atomic E-state index is -1.63. The molecule has 0 aliphatic carbocycles. The Balaban J connectivity index is 4.13. The Bertz CT molecular complexity index is 1890. The van der Waals surface area contributed by atoms with Gasteiger partial charge in [-0.3, -0.25) is 9.59 Å². The van der Waals surface area contributed by atoms with E-state index in [1.54, 1.807) is 0 Å². The molecule has 0 spiro atoms. The molecular formula is C78H131NO8. The van der Waals surface area contributed by atoms with E-state index in [4.69, 9.17) is 18.9 Å². The van der Waals surface area contributed by atoms with E-state index in [1.807, 2.05) is 21.1 Å². The second kappa shape index (κ2) is 67.4. The fraction of sp³-hybridized carbons (Fsp3) is 0.679. The number of unbranched alkanes of at least 4 members (excludes halogenated alkanes) is 27. The smallest absolute Gasteiger partial charge is 0.306 e. The lowest BCUT2D eigenvalue weighted by molar-refractivity contribution is -0.870. The van der Waals surface area contributed by atoms with Gasteiger partial charge < -0.3 is 33.3 Å². The summed E-state index contributed by atoms with van der Waals surface area (Å²) in [6, 6.07) is 0. The maximum atomic E-state index is 12.9. The molecule has 0 aromatic heterocycles. The van der Waals surface area contributed by atoms with E-state index in [1.165, 1.54) is 141 Å². The highest BCUT2D eigenvalue weighted by Crippen LogP contribution is 2.17. The summed E-state index contributed by atoms with van der Waals surface area (Å²) < 4.78 is 22.8. The van der Waals surface area contributed by atoms with Crippen LogP contribution >= 0.6 is 0 Å². The van der Waals surface area contributed by atoms with Gasteiger partial charge in [0.1, 0.15) is 13.2 Å². The number of allylic oxidation sites excluding steroid dienone is 22. The topological polar surface area (TPSA) is 111 Å². The zero-order valence-corrected chi connectivity index (χ0v) is 56.6. The first-order valence-electron chi connectivity index (χ1n) is 35.3. The van der Waals surface area contributed by atoms with E-state index >= 15 is 0 Å². The SMILES string of the molecule is CC/C=C\C/C=C\C/C=C\C/C=C\C/C=C\C/C=C\CCCCCCCCCCCCCCCCC(=O)OC(COC(=O)CCCCCCCCCCCCCCC/C=C\C/C=C\C/C=C\C/C=C\C/C=C\CC)COC(OCC[N+](C)(C)C)C(=O)[O-]. The maximum Gasteiger partial charge on any atom is 0.306 e. The van der Waals surface area contributed by atoms with Crippen LogP contribution < -0.4 is 5.11 Å². The van der Waals surface area contributed by atoms with Gasteiger partial charge in [-0.1, -0.05) is 295 Å². The van der Waals surface area contributed by atoms with Crippen LogP contribution in [0.5, 0.6) is 0 Å². The average molecular weight is 1210 g/mol. The lowest BCUT2D eigenvalue weighted by Gasteiger charge is -2.26. The van der Waals surface area contributed by atoms with E-state index < -0.39 is 24.3 Å². The van der Waals surface area contributed by atoms with Crippen molar-refractivity contribution in [1.29, 1.82) is 0 Å². The van der Waals surface area contributed by atoms with Crippen molar-refractivity contribution in [2.24, 2.45) is 0 Å². The highest BCUT2D eigenvalue weighted by molar-refractivity contribution is 5.70. The number of aliphatic carboxylic acids is 1. The third-order valence-electron chi connectivity index (χ3n) is 14.9. The molecule has 9 heteroatoms.